The van der Waals surface area contributed by atoms with Crippen molar-refractivity contribution in [3.63, 3.8) is 0 Å². The molecular weight excluding hydrogens is 322 g/mol. The summed E-state index contributed by atoms with van der Waals surface area (Å²) in [6, 6.07) is 13.6. The zero-order valence-electron chi connectivity index (χ0n) is 13.4. The van der Waals surface area contributed by atoms with Gasteiger partial charge in [0.05, 0.1) is 0 Å². The molecule has 2 N–H and O–H groups in total. The highest BCUT2D eigenvalue weighted by molar-refractivity contribution is 5.98. The van der Waals surface area contributed by atoms with Gasteiger partial charge in [-0.25, -0.2) is 9.59 Å². The number of hydrogen-bond acceptors (Lipinski definition) is 4. The third-order valence-electron chi connectivity index (χ3n) is 3.79. The number of amides is 1. The highest BCUT2D eigenvalue weighted by Gasteiger charge is 2.24. The number of hydrogen-bond donors (Lipinski definition) is 2. The van der Waals surface area contributed by atoms with Crippen LogP contribution in [0.4, 0.5) is 0 Å². The standard InChI is InChI=1S/C19H15NO5/c1-11-7-8-15-13(9-11)10-14(19(24)25-15)17(21)20-16(18(22)23)12-5-3-2-4-6-12/h2-10,16H,1H3,(H,20,21)(H,22,23). The van der Waals surface area contributed by atoms with Crippen LogP contribution in [-0.2, 0) is 4.79 Å². The van der Waals surface area contributed by atoms with E-state index in [2.05, 4.69) is 5.32 Å². The molecule has 0 saturated carbocycles. The Hall–Kier alpha value is -3.41. The van der Waals surface area contributed by atoms with Crippen LogP contribution in [0.25, 0.3) is 11.0 Å². The molecule has 6 heteroatoms. The summed E-state index contributed by atoms with van der Waals surface area (Å²) in [5.41, 5.74) is 0.668. The van der Waals surface area contributed by atoms with Crippen molar-refractivity contribution < 1.29 is 19.1 Å². The molecule has 0 fully saturated rings. The zero-order valence-corrected chi connectivity index (χ0v) is 13.4. The summed E-state index contributed by atoms with van der Waals surface area (Å²) in [4.78, 5) is 36.0. The normalized spacial score (nSPS) is 11.9. The lowest BCUT2D eigenvalue weighted by Gasteiger charge is -2.14. The molecule has 3 aromatic rings. The van der Waals surface area contributed by atoms with Crippen molar-refractivity contribution in [2.75, 3.05) is 0 Å². The predicted octanol–water partition coefficient (Wildman–Crippen LogP) is 2.66. The monoisotopic (exact) mass is 337 g/mol. The van der Waals surface area contributed by atoms with Crippen molar-refractivity contribution in [3.8, 4) is 0 Å². The lowest BCUT2D eigenvalue weighted by Crippen LogP contribution is -2.36. The number of carbonyl (C=O) groups excluding carboxylic acids is 1. The van der Waals surface area contributed by atoms with Crippen molar-refractivity contribution in [2.24, 2.45) is 0 Å². The van der Waals surface area contributed by atoms with Gasteiger partial charge in [-0.1, -0.05) is 42.0 Å². The fraction of sp³-hybridized carbons (Fsp3) is 0.105. The Morgan fingerprint density at radius 3 is 2.48 bits per heavy atom. The van der Waals surface area contributed by atoms with Crippen LogP contribution in [0.2, 0.25) is 0 Å². The molecule has 1 unspecified atom stereocenters. The number of rotatable bonds is 4. The molecule has 1 aromatic heterocycles. The van der Waals surface area contributed by atoms with Gasteiger partial charge >= 0.3 is 11.6 Å². The van der Waals surface area contributed by atoms with Crippen molar-refractivity contribution in [1.82, 2.24) is 5.32 Å². The first kappa shape index (κ1) is 16.4. The van der Waals surface area contributed by atoms with E-state index < -0.39 is 23.5 Å². The fourth-order valence-corrected chi connectivity index (χ4v) is 2.54. The largest absolute Gasteiger partial charge is 0.479 e. The van der Waals surface area contributed by atoms with Gasteiger partial charge in [0.1, 0.15) is 11.1 Å². The Bertz CT molecular complexity index is 1010. The maximum absolute atomic E-state index is 12.4. The van der Waals surface area contributed by atoms with E-state index in [1.54, 1.807) is 48.5 Å². The van der Waals surface area contributed by atoms with E-state index in [1.807, 2.05) is 6.92 Å². The third kappa shape index (κ3) is 3.42. The molecule has 0 aliphatic rings. The Morgan fingerprint density at radius 1 is 1.08 bits per heavy atom. The highest BCUT2D eigenvalue weighted by Crippen LogP contribution is 2.17. The van der Waals surface area contributed by atoms with Gasteiger partial charge in [-0.3, -0.25) is 4.79 Å². The van der Waals surface area contributed by atoms with E-state index in [1.165, 1.54) is 6.07 Å². The molecule has 1 atom stereocenters. The Kier molecular flexibility index (Phi) is 4.35. The molecule has 6 nitrogen and oxygen atoms in total. The third-order valence-corrected chi connectivity index (χ3v) is 3.79. The van der Waals surface area contributed by atoms with Crippen LogP contribution in [0.15, 0.2) is 63.8 Å². The molecule has 0 aliphatic heterocycles. The van der Waals surface area contributed by atoms with Crippen LogP contribution >= 0.6 is 0 Å². The van der Waals surface area contributed by atoms with Crippen molar-refractivity contribution in [3.05, 3.63) is 81.7 Å². The molecule has 0 bridgehead atoms. The van der Waals surface area contributed by atoms with E-state index in [0.29, 0.717) is 16.5 Å². The molecule has 1 heterocycles. The van der Waals surface area contributed by atoms with Gasteiger partial charge in [-0.15, -0.1) is 0 Å². The fourth-order valence-electron chi connectivity index (χ4n) is 2.54. The van der Waals surface area contributed by atoms with E-state index in [-0.39, 0.29) is 5.56 Å². The van der Waals surface area contributed by atoms with Crippen molar-refractivity contribution in [2.45, 2.75) is 13.0 Å². The number of fused-ring (bicyclic) bond motifs is 1. The molecule has 0 radical (unpaired) electrons. The Morgan fingerprint density at radius 2 is 1.80 bits per heavy atom. The summed E-state index contributed by atoms with van der Waals surface area (Å²) in [6.07, 6.45) is 0. The Labute approximate surface area is 142 Å². The van der Waals surface area contributed by atoms with Crippen LogP contribution in [0.3, 0.4) is 0 Å². The lowest BCUT2D eigenvalue weighted by molar-refractivity contribution is -0.139. The van der Waals surface area contributed by atoms with Crippen LogP contribution in [0.5, 0.6) is 0 Å². The quantitative estimate of drug-likeness (QED) is 0.714. The number of benzene rings is 2. The number of nitrogens with one attached hydrogen (secondary N) is 1. The van der Waals surface area contributed by atoms with Gasteiger partial charge in [-0.2, -0.15) is 0 Å². The summed E-state index contributed by atoms with van der Waals surface area (Å²) >= 11 is 0. The first-order valence-electron chi connectivity index (χ1n) is 7.59. The van der Waals surface area contributed by atoms with E-state index in [0.717, 1.165) is 5.56 Å². The van der Waals surface area contributed by atoms with Crippen molar-refractivity contribution in [1.29, 1.82) is 0 Å². The molecule has 0 spiro atoms. The summed E-state index contributed by atoms with van der Waals surface area (Å²) in [6.45, 7) is 1.88. The first-order chi connectivity index (χ1) is 12.0. The predicted molar refractivity (Wildman–Crippen MR) is 91.5 cm³/mol. The van der Waals surface area contributed by atoms with Gasteiger partial charge < -0.3 is 14.8 Å². The molecular formula is C19H15NO5. The lowest BCUT2D eigenvalue weighted by atomic mass is 10.1. The smallest absolute Gasteiger partial charge is 0.349 e. The average Bonchev–Trinajstić information content (AvgIpc) is 2.59. The summed E-state index contributed by atoms with van der Waals surface area (Å²) in [7, 11) is 0. The molecule has 25 heavy (non-hydrogen) atoms. The second-order valence-electron chi connectivity index (χ2n) is 5.64. The van der Waals surface area contributed by atoms with Crippen LogP contribution in [0.1, 0.15) is 27.5 Å². The first-order valence-corrected chi connectivity index (χ1v) is 7.59. The maximum Gasteiger partial charge on any atom is 0.349 e. The summed E-state index contributed by atoms with van der Waals surface area (Å²) in [5.74, 6) is -2.02. The van der Waals surface area contributed by atoms with Gasteiger partial charge in [0.25, 0.3) is 5.91 Å². The maximum atomic E-state index is 12.4. The van der Waals surface area contributed by atoms with Crippen molar-refractivity contribution >= 4 is 22.8 Å². The van der Waals surface area contributed by atoms with E-state index >= 15 is 0 Å². The summed E-state index contributed by atoms with van der Waals surface area (Å²) < 4.78 is 5.15. The topological polar surface area (TPSA) is 96.6 Å². The Balaban J connectivity index is 1.97. The van der Waals surface area contributed by atoms with Gasteiger partial charge in [-0.05, 0) is 30.7 Å². The second kappa shape index (κ2) is 6.60. The number of carboxylic acids is 1. The van der Waals surface area contributed by atoms with Crippen LogP contribution in [-0.4, -0.2) is 17.0 Å². The van der Waals surface area contributed by atoms with Gasteiger partial charge in [0.2, 0.25) is 0 Å². The highest BCUT2D eigenvalue weighted by atomic mass is 16.4. The minimum absolute atomic E-state index is 0.236. The SMILES string of the molecule is Cc1ccc2oc(=O)c(C(=O)NC(C(=O)O)c3ccccc3)cc2c1. The number of carboxylic acid groups (broad SMARTS) is 1. The minimum Gasteiger partial charge on any atom is -0.479 e. The molecule has 1 amide bonds. The van der Waals surface area contributed by atoms with E-state index in [4.69, 9.17) is 4.42 Å². The zero-order chi connectivity index (χ0) is 18.0. The summed E-state index contributed by atoms with van der Waals surface area (Å²) in [5, 5.41) is 12.3. The molecule has 0 saturated heterocycles. The van der Waals surface area contributed by atoms with Gasteiger partial charge in [0.15, 0.2) is 6.04 Å². The minimum atomic E-state index is -1.26. The average molecular weight is 337 g/mol. The van der Waals surface area contributed by atoms with E-state index in [9.17, 15) is 19.5 Å². The molecule has 0 aliphatic carbocycles. The number of carbonyl (C=O) groups is 2. The number of aliphatic carboxylic acids is 1. The van der Waals surface area contributed by atoms with Crippen LogP contribution < -0.4 is 10.9 Å². The molecule has 2 aromatic carbocycles. The molecule has 3 rings (SSSR count). The molecule has 126 valence electrons. The van der Waals surface area contributed by atoms with Crippen LogP contribution in [0, 0.1) is 6.92 Å². The second-order valence-corrected chi connectivity index (χ2v) is 5.64. The van der Waals surface area contributed by atoms with Gasteiger partial charge in [0, 0.05) is 5.39 Å². The number of aryl methyl sites for hydroxylation is 1.